The van der Waals surface area contributed by atoms with Gasteiger partial charge < -0.3 is 14.8 Å². The molecule has 0 radical (unpaired) electrons. The maximum atomic E-state index is 12.7. The van der Waals surface area contributed by atoms with Gasteiger partial charge in [-0.3, -0.25) is 4.79 Å². The number of nitrogens with one attached hydrogen (secondary N) is 1. The third-order valence-corrected chi connectivity index (χ3v) is 4.20. The normalized spacial score (nSPS) is 11.2. The molecule has 152 valence electrons. The van der Waals surface area contributed by atoms with E-state index in [1.54, 1.807) is 13.0 Å². The first kappa shape index (κ1) is 20.8. The second-order valence-corrected chi connectivity index (χ2v) is 6.17. The Hall–Kier alpha value is -3.92. The molecule has 0 aliphatic rings. The van der Waals surface area contributed by atoms with Crippen molar-refractivity contribution >= 4 is 28.4 Å². The molecule has 0 spiro atoms. The Morgan fingerprint density at radius 3 is 2.63 bits per heavy atom. The highest BCUT2D eigenvalue weighted by atomic mass is 19.3. The van der Waals surface area contributed by atoms with Crippen molar-refractivity contribution in [3.63, 3.8) is 0 Å². The lowest BCUT2D eigenvalue weighted by molar-refractivity contribution is -0.112. The van der Waals surface area contributed by atoms with Crippen LogP contribution in [0.2, 0.25) is 0 Å². The van der Waals surface area contributed by atoms with E-state index < -0.39 is 12.5 Å². The lowest BCUT2D eigenvalue weighted by Gasteiger charge is -2.12. The number of nitriles is 1. The van der Waals surface area contributed by atoms with Crippen LogP contribution in [0.4, 0.5) is 14.5 Å². The number of carbonyl (C=O) groups excluding carboxylic acids is 1. The molecule has 0 unspecified atom stereocenters. The molecule has 0 atom stereocenters. The van der Waals surface area contributed by atoms with Crippen LogP contribution in [0.3, 0.4) is 0 Å². The molecule has 0 bridgehead atoms. The van der Waals surface area contributed by atoms with Gasteiger partial charge in [0.15, 0.2) is 11.5 Å². The Morgan fingerprint density at radius 2 is 1.90 bits per heavy atom. The summed E-state index contributed by atoms with van der Waals surface area (Å²) in [6.45, 7) is -1.06. The van der Waals surface area contributed by atoms with Gasteiger partial charge in [0.1, 0.15) is 11.6 Å². The van der Waals surface area contributed by atoms with Crippen molar-refractivity contribution in [1.82, 2.24) is 0 Å². The Balaban J connectivity index is 1.88. The predicted molar refractivity (Wildman–Crippen MR) is 110 cm³/mol. The first-order valence-electron chi connectivity index (χ1n) is 9.14. The summed E-state index contributed by atoms with van der Waals surface area (Å²) >= 11 is 0. The lowest BCUT2D eigenvalue weighted by atomic mass is 10.1. The first-order chi connectivity index (χ1) is 14.5. The maximum Gasteiger partial charge on any atom is 0.387 e. The average molecular weight is 408 g/mol. The molecular weight excluding hydrogens is 390 g/mol. The van der Waals surface area contributed by atoms with Crippen LogP contribution in [0.1, 0.15) is 12.5 Å². The van der Waals surface area contributed by atoms with Crippen LogP contribution >= 0.6 is 0 Å². The molecular formula is C23H18F2N2O3. The molecule has 30 heavy (non-hydrogen) atoms. The molecule has 0 aromatic heterocycles. The van der Waals surface area contributed by atoms with Crippen LogP contribution < -0.4 is 14.8 Å². The van der Waals surface area contributed by atoms with Crippen LogP contribution in [0, 0.1) is 11.3 Å². The lowest BCUT2D eigenvalue weighted by Crippen LogP contribution is -2.13. The van der Waals surface area contributed by atoms with Gasteiger partial charge in [-0.25, -0.2) is 0 Å². The van der Waals surface area contributed by atoms with Crippen molar-refractivity contribution < 1.29 is 23.0 Å². The SMILES string of the molecule is CCOc1cc(C=C(C#N)C(=O)Nc2cccc3ccccc23)ccc1OC(F)F. The molecule has 0 saturated carbocycles. The Labute approximate surface area is 172 Å². The number of halogens is 2. The fourth-order valence-corrected chi connectivity index (χ4v) is 2.92. The van der Waals surface area contributed by atoms with E-state index in [2.05, 4.69) is 10.1 Å². The standard InChI is InChI=1S/C23H18F2N2O3/c1-2-29-21-13-15(10-11-20(21)30-23(24)25)12-17(14-26)22(28)27-19-9-5-7-16-6-3-4-8-18(16)19/h3-13,23H,2H2,1H3,(H,27,28). The van der Waals surface area contributed by atoms with Crippen LogP contribution in [-0.2, 0) is 4.79 Å². The topological polar surface area (TPSA) is 71.3 Å². The van der Waals surface area contributed by atoms with E-state index in [-0.39, 0.29) is 23.7 Å². The number of carbonyl (C=O) groups is 1. The van der Waals surface area contributed by atoms with Gasteiger partial charge in [-0.2, -0.15) is 14.0 Å². The van der Waals surface area contributed by atoms with E-state index in [0.29, 0.717) is 11.3 Å². The molecule has 0 aliphatic carbocycles. The van der Waals surface area contributed by atoms with E-state index in [1.807, 2.05) is 42.5 Å². The minimum atomic E-state index is -2.99. The molecule has 0 aliphatic heterocycles. The largest absolute Gasteiger partial charge is 0.490 e. The van der Waals surface area contributed by atoms with E-state index >= 15 is 0 Å². The molecule has 0 saturated heterocycles. The highest BCUT2D eigenvalue weighted by molar-refractivity contribution is 6.12. The minimum absolute atomic E-state index is 0.0956. The fraction of sp³-hybridized carbons (Fsp3) is 0.130. The first-order valence-corrected chi connectivity index (χ1v) is 9.14. The average Bonchev–Trinajstić information content (AvgIpc) is 2.74. The number of rotatable bonds is 7. The monoisotopic (exact) mass is 408 g/mol. The third kappa shape index (κ3) is 4.92. The van der Waals surface area contributed by atoms with E-state index in [9.17, 15) is 18.8 Å². The summed E-state index contributed by atoms with van der Waals surface area (Å²) < 4.78 is 34.8. The number of benzene rings is 3. The van der Waals surface area contributed by atoms with Crippen LogP contribution in [0.15, 0.2) is 66.2 Å². The van der Waals surface area contributed by atoms with Crippen molar-refractivity contribution in [1.29, 1.82) is 5.26 Å². The summed E-state index contributed by atoms with van der Waals surface area (Å²) in [4.78, 5) is 12.7. The number of hydrogen-bond donors (Lipinski definition) is 1. The summed E-state index contributed by atoms with van der Waals surface area (Å²) in [5.41, 5.74) is 0.868. The molecule has 3 aromatic rings. The predicted octanol–water partition coefficient (Wildman–Crippen LogP) is 5.39. The summed E-state index contributed by atoms with van der Waals surface area (Å²) in [7, 11) is 0. The second-order valence-electron chi connectivity index (χ2n) is 6.17. The van der Waals surface area contributed by atoms with Gasteiger partial charge in [-0.15, -0.1) is 0 Å². The summed E-state index contributed by atoms with van der Waals surface area (Å²) in [6, 6.07) is 19.1. The summed E-state index contributed by atoms with van der Waals surface area (Å²) in [5.74, 6) is -0.610. The highest BCUT2D eigenvalue weighted by Gasteiger charge is 2.14. The van der Waals surface area contributed by atoms with Crippen molar-refractivity contribution in [2.24, 2.45) is 0 Å². The van der Waals surface area contributed by atoms with Crippen molar-refractivity contribution in [2.45, 2.75) is 13.5 Å². The van der Waals surface area contributed by atoms with Crippen molar-refractivity contribution in [3.05, 3.63) is 71.8 Å². The van der Waals surface area contributed by atoms with Gasteiger partial charge >= 0.3 is 6.61 Å². The number of amides is 1. The molecule has 0 fully saturated rings. The second kappa shape index (κ2) is 9.52. The molecule has 1 amide bonds. The zero-order chi connectivity index (χ0) is 21.5. The number of anilines is 1. The van der Waals surface area contributed by atoms with Crippen LogP contribution in [0.25, 0.3) is 16.8 Å². The summed E-state index contributed by atoms with van der Waals surface area (Å²) in [6.07, 6.45) is 1.36. The highest BCUT2D eigenvalue weighted by Crippen LogP contribution is 2.31. The van der Waals surface area contributed by atoms with E-state index in [1.165, 1.54) is 24.3 Å². The van der Waals surface area contributed by atoms with Crippen LogP contribution in [-0.4, -0.2) is 19.1 Å². The van der Waals surface area contributed by atoms with Crippen LogP contribution in [0.5, 0.6) is 11.5 Å². The minimum Gasteiger partial charge on any atom is -0.490 e. The molecule has 0 heterocycles. The van der Waals surface area contributed by atoms with Gasteiger partial charge in [0.2, 0.25) is 0 Å². The van der Waals surface area contributed by atoms with E-state index in [4.69, 9.17) is 4.74 Å². The number of fused-ring (bicyclic) bond motifs is 1. The molecule has 7 heteroatoms. The molecule has 3 rings (SSSR count). The number of ether oxygens (including phenoxy) is 2. The van der Waals surface area contributed by atoms with Crippen molar-refractivity contribution in [3.8, 4) is 17.6 Å². The number of hydrogen-bond acceptors (Lipinski definition) is 4. The van der Waals surface area contributed by atoms with Gasteiger partial charge in [-0.1, -0.05) is 42.5 Å². The van der Waals surface area contributed by atoms with Gasteiger partial charge in [0.05, 0.1) is 6.61 Å². The Kier molecular flexibility index (Phi) is 6.60. The zero-order valence-corrected chi connectivity index (χ0v) is 16.1. The summed E-state index contributed by atoms with van der Waals surface area (Å²) in [5, 5.41) is 14.0. The number of nitrogens with zero attached hydrogens (tertiary/aromatic N) is 1. The smallest absolute Gasteiger partial charge is 0.387 e. The van der Waals surface area contributed by atoms with Gasteiger partial charge in [0.25, 0.3) is 5.91 Å². The van der Waals surface area contributed by atoms with Crippen molar-refractivity contribution in [2.75, 3.05) is 11.9 Å². The van der Waals surface area contributed by atoms with Gasteiger partial charge in [0, 0.05) is 11.1 Å². The fourth-order valence-electron chi connectivity index (χ4n) is 2.92. The Morgan fingerprint density at radius 1 is 1.13 bits per heavy atom. The zero-order valence-electron chi connectivity index (χ0n) is 16.1. The molecule has 1 N–H and O–H groups in total. The molecule has 5 nitrogen and oxygen atoms in total. The van der Waals surface area contributed by atoms with E-state index in [0.717, 1.165) is 10.8 Å². The third-order valence-electron chi connectivity index (χ3n) is 4.20. The molecule has 3 aromatic carbocycles. The maximum absolute atomic E-state index is 12.7. The Bertz CT molecular complexity index is 1130. The number of alkyl halides is 2. The van der Waals surface area contributed by atoms with Gasteiger partial charge in [-0.05, 0) is 42.1 Å². The quantitative estimate of drug-likeness (QED) is 0.421.